The van der Waals surface area contributed by atoms with Crippen LogP contribution in [0.1, 0.15) is 17.0 Å². The van der Waals surface area contributed by atoms with E-state index in [1.165, 1.54) is 0 Å². The van der Waals surface area contributed by atoms with Crippen LogP contribution in [-0.2, 0) is 0 Å². The standard InChI is InChI=1S/C22H20BN3O4/c24-15-11-9-14(10-12-15)22-21(17-6-2-4-8-20(17)25-22)18(13-26(29)30)16-5-1-3-7-19(16)23(27)28/h1-12,18,25,27-28H,13,24H2. The SMILES string of the molecule is Nc1ccc(-c2[nH]c3ccccc3c2C(C[N+](=O)[O-])c2ccccc2B(O)O)cc1. The van der Waals surface area contributed by atoms with Gasteiger partial charge in [-0.25, -0.2) is 0 Å². The maximum absolute atomic E-state index is 11.6. The maximum atomic E-state index is 11.6. The number of nitrogen functional groups attached to an aromatic ring is 1. The Morgan fingerprint density at radius 1 is 1.00 bits per heavy atom. The summed E-state index contributed by atoms with van der Waals surface area (Å²) in [5.74, 6) is -0.693. The highest BCUT2D eigenvalue weighted by atomic mass is 16.6. The first-order valence-corrected chi connectivity index (χ1v) is 9.49. The quantitative estimate of drug-likeness (QED) is 0.171. The molecule has 0 aliphatic carbocycles. The van der Waals surface area contributed by atoms with Gasteiger partial charge < -0.3 is 20.8 Å². The molecule has 0 fully saturated rings. The number of nitrogens with zero attached hydrogens (tertiary/aromatic N) is 1. The molecule has 0 amide bonds. The number of hydrogen-bond acceptors (Lipinski definition) is 5. The zero-order chi connectivity index (χ0) is 21.3. The third-order valence-corrected chi connectivity index (χ3v) is 5.28. The van der Waals surface area contributed by atoms with Gasteiger partial charge in [-0.05, 0) is 40.4 Å². The Morgan fingerprint density at radius 2 is 1.67 bits per heavy atom. The highest BCUT2D eigenvalue weighted by Crippen LogP contribution is 2.38. The number of rotatable bonds is 6. The molecule has 1 heterocycles. The Bertz CT molecular complexity index is 1200. The molecule has 0 radical (unpaired) electrons. The molecule has 0 spiro atoms. The van der Waals surface area contributed by atoms with Crippen molar-refractivity contribution in [2.45, 2.75) is 5.92 Å². The van der Waals surface area contributed by atoms with Gasteiger partial charge in [-0.2, -0.15) is 0 Å². The molecule has 0 aliphatic heterocycles. The van der Waals surface area contributed by atoms with Crippen LogP contribution in [0.15, 0.2) is 72.8 Å². The molecule has 7 nitrogen and oxygen atoms in total. The highest BCUT2D eigenvalue weighted by molar-refractivity contribution is 6.59. The van der Waals surface area contributed by atoms with E-state index in [9.17, 15) is 20.2 Å². The maximum Gasteiger partial charge on any atom is 0.488 e. The summed E-state index contributed by atoms with van der Waals surface area (Å²) in [5.41, 5.74) is 10.4. The summed E-state index contributed by atoms with van der Waals surface area (Å²) < 4.78 is 0. The van der Waals surface area contributed by atoms with Crippen LogP contribution >= 0.6 is 0 Å². The molecule has 1 atom stereocenters. The van der Waals surface area contributed by atoms with Crippen molar-refractivity contribution < 1.29 is 15.0 Å². The average Bonchev–Trinajstić information content (AvgIpc) is 3.11. The zero-order valence-corrected chi connectivity index (χ0v) is 16.0. The number of anilines is 1. The minimum absolute atomic E-state index is 0.248. The fraction of sp³-hybridized carbons (Fsp3) is 0.0909. The summed E-state index contributed by atoms with van der Waals surface area (Å²) in [6.07, 6.45) is 0. The molecule has 0 saturated carbocycles. The summed E-state index contributed by atoms with van der Waals surface area (Å²) in [4.78, 5) is 14.7. The van der Waals surface area contributed by atoms with E-state index in [1.807, 2.05) is 36.4 Å². The predicted octanol–water partition coefficient (Wildman–Crippen LogP) is 2.51. The summed E-state index contributed by atoms with van der Waals surface area (Å²) >= 11 is 0. The van der Waals surface area contributed by atoms with Crippen LogP contribution in [0.5, 0.6) is 0 Å². The van der Waals surface area contributed by atoms with Crippen molar-refractivity contribution in [1.82, 2.24) is 4.98 Å². The first-order chi connectivity index (χ1) is 14.5. The van der Waals surface area contributed by atoms with Crippen LogP contribution in [0, 0.1) is 10.1 Å². The number of aromatic nitrogens is 1. The molecule has 1 aromatic heterocycles. The van der Waals surface area contributed by atoms with Crippen molar-refractivity contribution in [1.29, 1.82) is 0 Å². The number of aromatic amines is 1. The fourth-order valence-corrected chi connectivity index (χ4v) is 3.96. The van der Waals surface area contributed by atoms with Gasteiger partial charge in [-0.15, -0.1) is 0 Å². The Morgan fingerprint density at radius 3 is 2.37 bits per heavy atom. The lowest BCUT2D eigenvalue weighted by atomic mass is 9.72. The highest BCUT2D eigenvalue weighted by Gasteiger charge is 2.31. The van der Waals surface area contributed by atoms with E-state index >= 15 is 0 Å². The van der Waals surface area contributed by atoms with E-state index in [2.05, 4.69) is 4.98 Å². The lowest BCUT2D eigenvalue weighted by Crippen LogP contribution is -2.35. The molecule has 30 heavy (non-hydrogen) atoms. The summed E-state index contributed by atoms with van der Waals surface area (Å²) in [5, 5.41) is 32.2. The third-order valence-electron chi connectivity index (χ3n) is 5.28. The second-order valence-corrected chi connectivity index (χ2v) is 7.15. The second-order valence-electron chi connectivity index (χ2n) is 7.15. The number of hydrogen-bond donors (Lipinski definition) is 4. The van der Waals surface area contributed by atoms with Crippen molar-refractivity contribution >= 4 is 29.2 Å². The molecule has 0 saturated heterocycles. The largest absolute Gasteiger partial charge is 0.488 e. The van der Waals surface area contributed by atoms with E-state index in [0.29, 0.717) is 11.3 Å². The third kappa shape index (κ3) is 3.66. The number of nitrogens with one attached hydrogen (secondary N) is 1. The number of para-hydroxylation sites is 1. The van der Waals surface area contributed by atoms with Crippen LogP contribution in [0.25, 0.3) is 22.2 Å². The van der Waals surface area contributed by atoms with Gasteiger partial charge in [-0.3, -0.25) is 10.1 Å². The van der Waals surface area contributed by atoms with Crippen molar-refractivity contribution in [3.63, 3.8) is 0 Å². The topological polar surface area (TPSA) is 125 Å². The van der Waals surface area contributed by atoms with Crippen LogP contribution in [0.4, 0.5) is 5.69 Å². The van der Waals surface area contributed by atoms with Gasteiger partial charge in [0.2, 0.25) is 6.54 Å². The van der Waals surface area contributed by atoms with Gasteiger partial charge in [0, 0.05) is 21.5 Å². The van der Waals surface area contributed by atoms with Crippen molar-refractivity contribution in [3.05, 3.63) is 94.0 Å². The number of H-pyrrole nitrogens is 1. The second kappa shape index (κ2) is 8.02. The lowest BCUT2D eigenvalue weighted by molar-refractivity contribution is -0.481. The number of nitrogens with two attached hydrogens (primary N) is 1. The van der Waals surface area contributed by atoms with Crippen molar-refractivity contribution in [2.24, 2.45) is 0 Å². The zero-order valence-electron chi connectivity index (χ0n) is 16.0. The molecule has 8 heteroatoms. The minimum atomic E-state index is -1.74. The first-order valence-electron chi connectivity index (χ1n) is 9.49. The van der Waals surface area contributed by atoms with E-state index in [4.69, 9.17) is 5.73 Å². The first kappa shape index (κ1) is 19.7. The number of benzene rings is 3. The van der Waals surface area contributed by atoms with Gasteiger partial charge in [0.15, 0.2) is 0 Å². The average molecular weight is 401 g/mol. The van der Waals surface area contributed by atoms with Gasteiger partial charge in [0.05, 0.1) is 11.6 Å². The number of nitro groups is 1. The monoisotopic (exact) mass is 401 g/mol. The number of fused-ring (bicyclic) bond motifs is 1. The lowest BCUT2D eigenvalue weighted by Gasteiger charge is -2.19. The van der Waals surface area contributed by atoms with E-state index in [0.717, 1.165) is 27.7 Å². The normalized spacial score (nSPS) is 12.1. The van der Waals surface area contributed by atoms with E-state index < -0.39 is 19.6 Å². The van der Waals surface area contributed by atoms with Crippen molar-refractivity contribution in [3.8, 4) is 11.3 Å². The Kier molecular flexibility index (Phi) is 5.26. The van der Waals surface area contributed by atoms with Crippen LogP contribution < -0.4 is 11.2 Å². The Labute approximate surface area is 173 Å². The Hall–Kier alpha value is -3.62. The molecule has 150 valence electrons. The molecular formula is C22H20BN3O4. The smallest absolute Gasteiger partial charge is 0.423 e. The summed E-state index contributed by atoms with van der Waals surface area (Å²) in [7, 11) is -1.74. The molecule has 4 rings (SSSR count). The Balaban J connectivity index is 2.02. The van der Waals surface area contributed by atoms with Gasteiger partial charge in [0.25, 0.3) is 0 Å². The van der Waals surface area contributed by atoms with Gasteiger partial charge in [0.1, 0.15) is 0 Å². The van der Waals surface area contributed by atoms with Crippen LogP contribution in [0.3, 0.4) is 0 Å². The van der Waals surface area contributed by atoms with E-state index in [-0.39, 0.29) is 10.4 Å². The predicted molar refractivity (Wildman–Crippen MR) is 118 cm³/mol. The molecule has 1 unspecified atom stereocenters. The fourth-order valence-electron chi connectivity index (χ4n) is 3.96. The van der Waals surface area contributed by atoms with Crippen LogP contribution in [0.2, 0.25) is 0 Å². The summed E-state index contributed by atoms with van der Waals surface area (Å²) in [6.45, 7) is -0.395. The minimum Gasteiger partial charge on any atom is -0.423 e. The van der Waals surface area contributed by atoms with Crippen molar-refractivity contribution in [2.75, 3.05) is 12.3 Å². The summed E-state index contributed by atoms with van der Waals surface area (Å²) in [6, 6.07) is 21.6. The molecule has 3 aromatic carbocycles. The molecule has 4 aromatic rings. The molecule has 0 bridgehead atoms. The molecule has 5 N–H and O–H groups in total. The van der Waals surface area contributed by atoms with Gasteiger partial charge >= 0.3 is 7.12 Å². The van der Waals surface area contributed by atoms with Gasteiger partial charge in [-0.1, -0.05) is 54.6 Å². The van der Waals surface area contributed by atoms with E-state index in [1.54, 1.807) is 36.4 Å². The van der Waals surface area contributed by atoms with Crippen LogP contribution in [-0.4, -0.2) is 33.6 Å². The molecule has 0 aliphatic rings. The molecular weight excluding hydrogens is 381 g/mol.